The van der Waals surface area contributed by atoms with E-state index < -0.39 is 17.1 Å². The fourth-order valence-electron chi connectivity index (χ4n) is 3.67. The average Bonchev–Trinajstić information content (AvgIpc) is 3.39. The third-order valence-electron chi connectivity index (χ3n) is 5.43. The van der Waals surface area contributed by atoms with Crippen LogP contribution < -0.4 is 0 Å². The molecule has 8 nitrogen and oxygen atoms in total. The van der Waals surface area contributed by atoms with Gasteiger partial charge in [0.15, 0.2) is 0 Å². The van der Waals surface area contributed by atoms with Crippen LogP contribution in [-0.4, -0.2) is 59.6 Å². The summed E-state index contributed by atoms with van der Waals surface area (Å²) in [5, 5.41) is -0.228. The molecule has 33 heavy (non-hydrogen) atoms. The fourth-order valence-corrected chi connectivity index (χ4v) is 4.69. The normalized spacial score (nSPS) is 17.7. The molecule has 0 radical (unpaired) electrons. The Bertz CT molecular complexity index is 1150. The molecule has 2 aliphatic rings. The number of benzene rings is 1. The molecule has 4 rings (SSSR count). The summed E-state index contributed by atoms with van der Waals surface area (Å²) in [5.41, 5.74) is 0.800. The highest BCUT2D eigenvalue weighted by Crippen LogP contribution is 2.34. The van der Waals surface area contributed by atoms with Crippen LogP contribution in [0.25, 0.3) is 17.4 Å². The highest BCUT2D eigenvalue weighted by Gasteiger charge is 2.37. The van der Waals surface area contributed by atoms with Gasteiger partial charge in [-0.25, -0.2) is 4.79 Å². The van der Waals surface area contributed by atoms with Crippen molar-refractivity contribution in [3.63, 3.8) is 0 Å². The maximum atomic E-state index is 12.7. The van der Waals surface area contributed by atoms with Crippen molar-refractivity contribution in [1.29, 1.82) is 0 Å². The Labute approximate surface area is 199 Å². The molecule has 2 aromatic rings. The van der Waals surface area contributed by atoms with Crippen molar-refractivity contribution in [2.45, 2.75) is 19.3 Å². The van der Waals surface area contributed by atoms with Crippen molar-refractivity contribution in [3.05, 3.63) is 51.6 Å². The fraction of sp³-hybridized carbons (Fsp3) is 0.304. The molecule has 2 fully saturated rings. The first kappa shape index (κ1) is 23.1. The van der Waals surface area contributed by atoms with Crippen LogP contribution in [0.4, 0.5) is 4.79 Å². The van der Waals surface area contributed by atoms with Gasteiger partial charge in [-0.15, -0.1) is 0 Å². The van der Waals surface area contributed by atoms with E-state index in [9.17, 15) is 19.2 Å². The zero-order valence-electron chi connectivity index (χ0n) is 17.8. The largest absolute Gasteiger partial charge is 0.465 e. The van der Waals surface area contributed by atoms with Crippen molar-refractivity contribution < 1.29 is 28.3 Å². The number of halogens is 1. The van der Waals surface area contributed by atoms with E-state index in [4.69, 9.17) is 20.8 Å². The smallest absolute Gasteiger partial charge is 0.339 e. The Kier molecular flexibility index (Phi) is 6.90. The molecular formula is C23H21ClN2O6S. The lowest BCUT2D eigenvalue weighted by Gasteiger charge is -2.27. The Morgan fingerprint density at radius 2 is 1.91 bits per heavy atom. The Hall–Kier alpha value is -3.04. The molecule has 1 aromatic heterocycles. The number of imide groups is 1. The Balaban J connectivity index is 1.49. The van der Waals surface area contributed by atoms with E-state index >= 15 is 0 Å². The highest BCUT2D eigenvalue weighted by atomic mass is 35.5. The van der Waals surface area contributed by atoms with Crippen molar-refractivity contribution in [3.8, 4) is 11.3 Å². The molecule has 3 heterocycles. The van der Waals surface area contributed by atoms with Gasteiger partial charge in [0, 0.05) is 24.7 Å². The molecule has 0 aliphatic carbocycles. The first-order chi connectivity index (χ1) is 15.9. The van der Waals surface area contributed by atoms with Crippen LogP contribution in [-0.2, 0) is 14.3 Å². The van der Waals surface area contributed by atoms with Gasteiger partial charge in [-0.1, -0.05) is 11.6 Å². The minimum Gasteiger partial charge on any atom is -0.465 e. The van der Waals surface area contributed by atoms with Crippen LogP contribution in [0.1, 0.15) is 35.4 Å². The van der Waals surface area contributed by atoms with Crippen LogP contribution >= 0.6 is 23.4 Å². The summed E-state index contributed by atoms with van der Waals surface area (Å²) >= 11 is 6.83. The standard InChI is InChI=1S/C23H21ClN2O6S/c1-31-22(29)16-11-14(5-7-17(16)24)18-8-6-15(32-18)12-19-21(28)26(23(30)33-19)13-20(27)25-9-3-2-4-10-25/h5-8,11-12H,2-4,9-10,13H2,1H3/b19-12+. The second kappa shape index (κ2) is 9.84. The second-order valence-electron chi connectivity index (χ2n) is 7.60. The molecule has 10 heteroatoms. The number of carbonyl (C=O) groups is 4. The zero-order valence-corrected chi connectivity index (χ0v) is 19.4. The van der Waals surface area contributed by atoms with Gasteiger partial charge in [-0.2, -0.15) is 0 Å². The maximum absolute atomic E-state index is 12.7. The third kappa shape index (κ3) is 4.99. The lowest BCUT2D eigenvalue weighted by Crippen LogP contribution is -2.44. The molecule has 0 saturated carbocycles. The number of hydrogen-bond acceptors (Lipinski definition) is 7. The predicted octanol–water partition coefficient (Wildman–Crippen LogP) is 4.44. The van der Waals surface area contributed by atoms with E-state index in [1.54, 1.807) is 35.2 Å². The van der Waals surface area contributed by atoms with E-state index in [0.717, 1.165) is 35.9 Å². The first-order valence-corrected chi connectivity index (χ1v) is 11.6. The van der Waals surface area contributed by atoms with Gasteiger partial charge in [-0.3, -0.25) is 19.3 Å². The van der Waals surface area contributed by atoms with Gasteiger partial charge in [0.2, 0.25) is 5.91 Å². The minimum atomic E-state index is -0.568. The number of methoxy groups -OCH3 is 1. The van der Waals surface area contributed by atoms with E-state index in [0.29, 0.717) is 30.2 Å². The van der Waals surface area contributed by atoms with Gasteiger partial charge >= 0.3 is 5.97 Å². The molecule has 0 unspecified atom stereocenters. The average molecular weight is 489 g/mol. The van der Waals surface area contributed by atoms with E-state index in [1.165, 1.54) is 13.2 Å². The van der Waals surface area contributed by atoms with Crippen LogP contribution in [0.2, 0.25) is 5.02 Å². The quantitative estimate of drug-likeness (QED) is 0.453. The number of carbonyl (C=O) groups excluding carboxylic acids is 4. The van der Waals surface area contributed by atoms with Gasteiger partial charge in [0.05, 0.1) is 22.6 Å². The lowest BCUT2D eigenvalue weighted by molar-refractivity contribution is -0.136. The Morgan fingerprint density at radius 3 is 2.64 bits per heavy atom. The van der Waals surface area contributed by atoms with Crippen molar-refractivity contribution in [1.82, 2.24) is 9.80 Å². The number of amides is 3. The Morgan fingerprint density at radius 1 is 1.15 bits per heavy atom. The zero-order chi connectivity index (χ0) is 23.5. The summed E-state index contributed by atoms with van der Waals surface area (Å²) in [6.07, 6.45) is 4.42. The van der Waals surface area contributed by atoms with Crippen LogP contribution in [0.15, 0.2) is 39.7 Å². The lowest BCUT2D eigenvalue weighted by atomic mass is 10.1. The third-order valence-corrected chi connectivity index (χ3v) is 6.67. The molecule has 0 spiro atoms. The number of piperidine rings is 1. The van der Waals surface area contributed by atoms with E-state index in [-0.39, 0.29) is 27.9 Å². The molecule has 2 aliphatic heterocycles. The van der Waals surface area contributed by atoms with E-state index in [1.807, 2.05) is 0 Å². The summed E-state index contributed by atoms with van der Waals surface area (Å²) in [7, 11) is 1.27. The number of likely N-dealkylation sites (tertiary alicyclic amines) is 1. The summed E-state index contributed by atoms with van der Waals surface area (Å²) in [4.78, 5) is 52.3. The number of hydrogen-bond donors (Lipinski definition) is 0. The second-order valence-corrected chi connectivity index (χ2v) is 9.00. The van der Waals surface area contributed by atoms with E-state index in [2.05, 4.69) is 0 Å². The molecule has 1 aromatic carbocycles. The monoisotopic (exact) mass is 488 g/mol. The number of furan rings is 1. The van der Waals surface area contributed by atoms with Gasteiger partial charge in [0.25, 0.3) is 11.1 Å². The molecule has 0 bridgehead atoms. The first-order valence-electron chi connectivity index (χ1n) is 10.4. The maximum Gasteiger partial charge on any atom is 0.339 e. The van der Waals surface area contributed by atoms with Crippen LogP contribution in [0, 0.1) is 0 Å². The number of rotatable bonds is 5. The van der Waals surface area contributed by atoms with Gasteiger partial charge < -0.3 is 14.1 Å². The van der Waals surface area contributed by atoms with Crippen LogP contribution in [0.3, 0.4) is 0 Å². The molecule has 0 atom stereocenters. The van der Waals surface area contributed by atoms with Gasteiger partial charge in [-0.05, 0) is 61.4 Å². The molecule has 2 saturated heterocycles. The summed E-state index contributed by atoms with van der Waals surface area (Å²) in [6, 6.07) is 8.14. The molecule has 0 N–H and O–H groups in total. The topological polar surface area (TPSA) is 97.1 Å². The van der Waals surface area contributed by atoms with Gasteiger partial charge in [0.1, 0.15) is 18.1 Å². The SMILES string of the molecule is COC(=O)c1cc(-c2ccc(/C=C3/SC(=O)N(CC(=O)N4CCCCC4)C3=O)o2)ccc1Cl. The molecule has 3 amide bonds. The molecule has 172 valence electrons. The number of esters is 1. The minimum absolute atomic E-state index is 0.179. The van der Waals surface area contributed by atoms with Crippen molar-refractivity contribution in [2.24, 2.45) is 0 Å². The summed E-state index contributed by atoms with van der Waals surface area (Å²) in [5.74, 6) is -0.508. The summed E-state index contributed by atoms with van der Waals surface area (Å²) < 4.78 is 10.5. The predicted molar refractivity (Wildman–Crippen MR) is 124 cm³/mol. The highest BCUT2D eigenvalue weighted by molar-refractivity contribution is 8.18. The number of ether oxygens (including phenoxy) is 1. The van der Waals surface area contributed by atoms with Crippen LogP contribution in [0.5, 0.6) is 0 Å². The number of nitrogens with zero attached hydrogens (tertiary/aromatic N) is 2. The number of thioether (sulfide) groups is 1. The summed E-state index contributed by atoms with van der Waals surface area (Å²) in [6.45, 7) is 1.05. The molecular weight excluding hydrogens is 468 g/mol. The van der Waals surface area contributed by atoms with Crippen molar-refractivity contribution >= 4 is 52.5 Å². The van der Waals surface area contributed by atoms with Crippen molar-refractivity contribution in [2.75, 3.05) is 26.7 Å².